The van der Waals surface area contributed by atoms with Gasteiger partial charge in [0, 0.05) is 25.3 Å². The van der Waals surface area contributed by atoms with Gasteiger partial charge in [0.2, 0.25) is 5.82 Å². The SMILES string of the molecule is CCOC(OC)c1ccc(Oc2cc(C(F)(F)F)c3[nH]c(C(F)(F)F)nc3c2)cc1. The minimum atomic E-state index is -4.92. The molecule has 0 fully saturated rings. The second-order valence-electron chi connectivity index (χ2n) is 6.14. The van der Waals surface area contributed by atoms with Crippen LogP contribution in [0, 0.1) is 0 Å². The maximum absolute atomic E-state index is 13.4. The van der Waals surface area contributed by atoms with Crippen molar-refractivity contribution >= 4 is 11.0 Å². The molecular formula is C19H16F6N2O3. The zero-order chi connectivity index (χ0) is 22.1. The van der Waals surface area contributed by atoms with E-state index in [1.165, 1.54) is 19.2 Å². The van der Waals surface area contributed by atoms with Crippen LogP contribution in [0.1, 0.15) is 30.2 Å². The largest absolute Gasteiger partial charge is 0.457 e. The number of imidazole rings is 1. The van der Waals surface area contributed by atoms with Crippen molar-refractivity contribution in [3.05, 3.63) is 53.3 Å². The molecule has 0 amide bonds. The molecule has 0 aliphatic carbocycles. The van der Waals surface area contributed by atoms with Gasteiger partial charge in [0.1, 0.15) is 11.5 Å². The van der Waals surface area contributed by atoms with Crippen molar-refractivity contribution in [1.29, 1.82) is 0 Å². The highest BCUT2D eigenvalue weighted by Crippen LogP contribution is 2.39. The lowest BCUT2D eigenvalue weighted by molar-refractivity contribution is -0.144. The van der Waals surface area contributed by atoms with Crippen molar-refractivity contribution in [3.8, 4) is 11.5 Å². The van der Waals surface area contributed by atoms with Crippen LogP contribution in [0.5, 0.6) is 11.5 Å². The van der Waals surface area contributed by atoms with Crippen LogP contribution < -0.4 is 4.74 Å². The van der Waals surface area contributed by atoms with Crippen LogP contribution in [-0.2, 0) is 21.8 Å². The number of H-pyrrole nitrogens is 1. The molecule has 1 heterocycles. The molecule has 1 aromatic heterocycles. The molecule has 0 saturated carbocycles. The maximum atomic E-state index is 13.4. The standard InChI is InChI=1S/C19H16F6N2O3/c1-3-29-16(28-2)10-4-6-11(7-5-10)30-12-8-13(18(20,21)22)15-14(9-12)26-17(27-15)19(23,24)25/h4-9,16H,3H2,1-2H3,(H,26,27). The Kier molecular flexibility index (Phi) is 5.95. The number of benzene rings is 2. The number of alkyl halides is 6. The molecule has 5 nitrogen and oxygen atoms in total. The lowest BCUT2D eigenvalue weighted by atomic mass is 10.1. The molecule has 1 unspecified atom stereocenters. The zero-order valence-electron chi connectivity index (χ0n) is 15.7. The van der Waals surface area contributed by atoms with E-state index in [0.717, 1.165) is 6.07 Å². The smallest absolute Gasteiger partial charge is 0.449 e. The van der Waals surface area contributed by atoms with Crippen LogP contribution in [0.15, 0.2) is 36.4 Å². The maximum Gasteiger partial charge on any atom is 0.449 e. The van der Waals surface area contributed by atoms with Crippen molar-refractivity contribution in [2.75, 3.05) is 13.7 Å². The van der Waals surface area contributed by atoms with Gasteiger partial charge in [-0.3, -0.25) is 0 Å². The van der Waals surface area contributed by atoms with Gasteiger partial charge >= 0.3 is 12.4 Å². The van der Waals surface area contributed by atoms with Crippen molar-refractivity contribution in [3.63, 3.8) is 0 Å². The Balaban J connectivity index is 1.96. The number of fused-ring (bicyclic) bond motifs is 1. The number of aromatic amines is 1. The molecule has 2 aromatic carbocycles. The number of methoxy groups -OCH3 is 1. The number of rotatable bonds is 6. The summed E-state index contributed by atoms with van der Waals surface area (Å²) in [6.07, 6.45) is -10.5. The van der Waals surface area contributed by atoms with Gasteiger partial charge in [0.15, 0.2) is 6.29 Å². The molecule has 0 bridgehead atoms. The van der Waals surface area contributed by atoms with Crippen LogP contribution in [-0.4, -0.2) is 23.7 Å². The first kappa shape index (κ1) is 21.9. The fourth-order valence-corrected chi connectivity index (χ4v) is 2.78. The third-order valence-corrected chi connectivity index (χ3v) is 4.06. The predicted octanol–water partition coefficient (Wildman–Crippen LogP) is 6.07. The van der Waals surface area contributed by atoms with Crippen molar-refractivity contribution in [1.82, 2.24) is 9.97 Å². The highest BCUT2D eigenvalue weighted by Gasteiger charge is 2.39. The summed E-state index contributed by atoms with van der Waals surface area (Å²) in [6, 6.07) is 7.76. The van der Waals surface area contributed by atoms with Crippen LogP contribution in [0.4, 0.5) is 26.3 Å². The lowest BCUT2D eigenvalue weighted by Gasteiger charge is -2.16. The molecule has 3 rings (SSSR count). The summed E-state index contributed by atoms with van der Waals surface area (Å²) in [5, 5.41) is 0. The van der Waals surface area contributed by atoms with Gasteiger partial charge in [-0.05, 0) is 25.1 Å². The highest BCUT2D eigenvalue weighted by atomic mass is 19.4. The van der Waals surface area contributed by atoms with Gasteiger partial charge in [-0.25, -0.2) is 4.98 Å². The van der Waals surface area contributed by atoms with Gasteiger partial charge in [0.25, 0.3) is 0 Å². The predicted molar refractivity (Wildman–Crippen MR) is 94.0 cm³/mol. The van der Waals surface area contributed by atoms with Gasteiger partial charge in [0.05, 0.1) is 16.6 Å². The van der Waals surface area contributed by atoms with E-state index in [-0.39, 0.29) is 11.5 Å². The van der Waals surface area contributed by atoms with Crippen molar-refractivity contribution < 1.29 is 40.6 Å². The Morgan fingerprint density at radius 2 is 1.63 bits per heavy atom. The number of hydrogen-bond donors (Lipinski definition) is 1. The van der Waals surface area contributed by atoms with E-state index < -0.39 is 41.1 Å². The quantitative estimate of drug-likeness (QED) is 0.378. The number of aromatic nitrogens is 2. The first-order valence-corrected chi connectivity index (χ1v) is 8.63. The summed E-state index contributed by atoms with van der Waals surface area (Å²) in [5.74, 6) is -1.66. The van der Waals surface area contributed by atoms with Gasteiger partial charge in [-0.15, -0.1) is 0 Å². The minimum absolute atomic E-state index is 0.171. The first-order valence-electron chi connectivity index (χ1n) is 8.63. The summed E-state index contributed by atoms with van der Waals surface area (Å²) < 4.78 is 94.7. The summed E-state index contributed by atoms with van der Waals surface area (Å²) >= 11 is 0. The second-order valence-corrected chi connectivity index (χ2v) is 6.14. The molecule has 0 saturated heterocycles. The van der Waals surface area contributed by atoms with E-state index in [2.05, 4.69) is 4.98 Å². The molecule has 1 atom stereocenters. The normalized spacial score (nSPS) is 13.6. The molecular weight excluding hydrogens is 418 g/mol. The topological polar surface area (TPSA) is 56.4 Å². The number of nitrogens with zero attached hydrogens (tertiary/aromatic N) is 1. The van der Waals surface area contributed by atoms with Gasteiger partial charge < -0.3 is 19.2 Å². The van der Waals surface area contributed by atoms with E-state index in [1.807, 2.05) is 0 Å². The van der Waals surface area contributed by atoms with E-state index in [4.69, 9.17) is 14.2 Å². The molecule has 11 heteroatoms. The number of nitrogens with one attached hydrogen (secondary N) is 1. The molecule has 30 heavy (non-hydrogen) atoms. The van der Waals surface area contributed by atoms with E-state index in [1.54, 1.807) is 24.0 Å². The third kappa shape index (κ3) is 4.68. The lowest BCUT2D eigenvalue weighted by Crippen LogP contribution is -2.08. The van der Waals surface area contributed by atoms with Gasteiger partial charge in [-0.1, -0.05) is 12.1 Å². The summed E-state index contributed by atoms with van der Waals surface area (Å²) in [4.78, 5) is 4.94. The van der Waals surface area contributed by atoms with E-state index in [0.29, 0.717) is 18.2 Å². The Hall–Kier alpha value is -2.79. The van der Waals surface area contributed by atoms with Crippen LogP contribution in [0.3, 0.4) is 0 Å². The third-order valence-electron chi connectivity index (χ3n) is 4.06. The minimum Gasteiger partial charge on any atom is -0.457 e. The number of hydrogen-bond acceptors (Lipinski definition) is 4. The average molecular weight is 434 g/mol. The van der Waals surface area contributed by atoms with E-state index in [9.17, 15) is 26.3 Å². The molecule has 1 N–H and O–H groups in total. The Morgan fingerprint density at radius 1 is 0.967 bits per heavy atom. The Morgan fingerprint density at radius 3 is 2.17 bits per heavy atom. The molecule has 0 aliphatic heterocycles. The van der Waals surface area contributed by atoms with Crippen LogP contribution >= 0.6 is 0 Å². The molecule has 0 aliphatic rings. The van der Waals surface area contributed by atoms with Crippen molar-refractivity contribution in [2.24, 2.45) is 0 Å². The highest BCUT2D eigenvalue weighted by molar-refractivity contribution is 5.81. The van der Waals surface area contributed by atoms with E-state index >= 15 is 0 Å². The summed E-state index contributed by atoms with van der Waals surface area (Å²) in [5.41, 5.74) is -1.94. The molecule has 0 radical (unpaired) electrons. The average Bonchev–Trinajstić information content (AvgIpc) is 3.10. The van der Waals surface area contributed by atoms with Crippen LogP contribution in [0.2, 0.25) is 0 Å². The first-order chi connectivity index (χ1) is 14.0. The van der Waals surface area contributed by atoms with Crippen LogP contribution in [0.25, 0.3) is 11.0 Å². The second kappa shape index (κ2) is 8.15. The summed E-state index contributed by atoms with van der Waals surface area (Å²) in [7, 11) is 1.46. The summed E-state index contributed by atoms with van der Waals surface area (Å²) in [6.45, 7) is 2.19. The molecule has 162 valence electrons. The zero-order valence-corrected chi connectivity index (χ0v) is 15.7. The monoisotopic (exact) mass is 434 g/mol. The molecule has 3 aromatic rings. The van der Waals surface area contributed by atoms with Crippen molar-refractivity contribution in [2.45, 2.75) is 25.6 Å². The number of ether oxygens (including phenoxy) is 3. The fraction of sp³-hybridized carbons (Fsp3) is 0.316. The Bertz CT molecular complexity index is 1010. The number of halogens is 6. The molecule has 0 spiro atoms. The Labute approximate surface area is 166 Å². The van der Waals surface area contributed by atoms with Gasteiger partial charge in [-0.2, -0.15) is 26.3 Å². The fourth-order valence-electron chi connectivity index (χ4n) is 2.78.